The number of amides is 1. The van der Waals surface area contributed by atoms with Crippen molar-refractivity contribution in [3.8, 4) is 11.3 Å². The summed E-state index contributed by atoms with van der Waals surface area (Å²) in [5.74, 6) is -0.180. The van der Waals surface area contributed by atoms with Crippen LogP contribution in [0.15, 0.2) is 54.2 Å². The Labute approximate surface area is 138 Å². The topological polar surface area (TPSA) is 64.1 Å². The number of anilines is 1. The first-order valence-electron chi connectivity index (χ1n) is 7.01. The molecule has 3 rings (SSSR count). The second-order valence-electron chi connectivity index (χ2n) is 4.86. The van der Waals surface area contributed by atoms with Gasteiger partial charge in [-0.05, 0) is 29.8 Å². The summed E-state index contributed by atoms with van der Waals surface area (Å²) in [4.78, 5) is 20.7. The Kier molecular flexibility index (Phi) is 4.75. The molecule has 5 nitrogen and oxygen atoms in total. The maximum absolute atomic E-state index is 12.2. The normalized spacial score (nSPS) is 10.5. The van der Waals surface area contributed by atoms with Crippen LogP contribution in [0.3, 0.4) is 0 Å². The van der Waals surface area contributed by atoms with Crippen molar-refractivity contribution < 1.29 is 9.53 Å². The van der Waals surface area contributed by atoms with Crippen molar-refractivity contribution in [1.82, 2.24) is 9.97 Å². The molecular weight excluding hydrogens is 310 g/mol. The highest BCUT2D eigenvalue weighted by Gasteiger charge is 2.10. The van der Waals surface area contributed by atoms with Crippen LogP contribution in [0, 0.1) is 0 Å². The van der Waals surface area contributed by atoms with E-state index in [4.69, 9.17) is 4.74 Å². The van der Waals surface area contributed by atoms with Crippen molar-refractivity contribution >= 4 is 22.4 Å². The first-order chi connectivity index (χ1) is 11.3. The van der Waals surface area contributed by atoms with Crippen LogP contribution in [0.4, 0.5) is 5.13 Å². The highest BCUT2D eigenvalue weighted by molar-refractivity contribution is 7.14. The maximum atomic E-state index is 12.2. The number of ether oxygens (including phenoxy) is 1. The highest BCUT2D eigenvalue weighted by atomic mass is 32.1. The van der Waals surface area contributed by atoms with Gasteiger partial charge in [0.15, 0.2) is 5.13 Å². The third-order valence-electron chi connectivity index (χ3n) is 3.21. The van der Waals surface area contributed by atoms with Crippen LogP contribution in [0.25, 0.3) is 11.3 Å². The van der Waals surface area contributed by atoms with Gasteiger partial charge in [-0.3, -0.25) is 15.1 Å². The number of hydrogen-bond donors (Lipinski definition) is 1. The molecule has 0 aliphatic heterocycles. The van der Waals surface area contributed by atoms with Crippen LogP contribution in [0.2, 0.25) is 0 Å². The maximum Gasteiger partial charge on any atom is 0.257 e. The fourth-order valence-corrected chi connectivity index (χ4v) is 2.78. The van der Waals surface area contributed by atoms with Gasteiger partial charge in [0.05, 0.1) is 12.3 Å². The summed E-state index contributed by atoms with van der Waals surface area (Å²) in [6, 6.07) is 11.1. The third kappa shape index (κ3) is 3.80. The van der Waals surface area contributed by atoms with E-state index in [1.807, 2.05) is 29.6 Å². The van der Waals surface area contributed by atoms with E-state index in [1.54, 1.807) is 31.6 Å². The number of methoxy groups -OCH3 is 1. The molecule has 2 heterocycles. The molecule has 0 atom stereocenters. The average molecular weight is 325 g/mol. The Bertz CT molecular complexity index is 785. The summed E-state index contributed by atoms with van der Waals surface area (Å²) in [6.07, 6.45) is 3.46. The molecule has 0 bridgehead atoms. The molecule has 3 aromatic rings. The summed E-state index contributed by atoms with van der Waals surface area (Å²) in [6.45, 7) is 0.531. The number of thiazole rings is 1. The van der Waals surface area contributed by atoms with Crippen LogP contribution in [-0.2, 0) is 11.3 Å². The standard InChI is InChI=1S/C17H15N3O2S/c1-22-10-12-4-6-13(7-5-12)16(21)20-17-19-15(11-23-17)14-3-2-8-18-9-14/h2-9,11H,10H2,1H3,(H,19,20,21). The summed E-state index contributed by atoms with van der Waals surface area (Å²) in [5, 5.41) is 5.28. The lowest BCUT2D eigenvalue weighted by atomic mass is 10.1. The minimum atomic E-state index is -0.180. The van der Waals surface area contributed by atoms with Crippen LogP contribution in [0.1, 0.15) is 15.9 Å². The van der Waals surface area contributed by atoms with Crippen LogP contribution >= 0.6 is 11.3 Å². The Morgan fingerprint density at radius 2 is 2.09 bits per heavy atom. The Morgan fingerprint density at radius 3 is 2.78 bits per heavy atom. The molecule has 0 unspecified atom stereocenters. The van der Waals surface area contributed by atoms with Gasteiger partial charge in [-0.1, -0.05) is 12.1 Å². The number of aromatic nitrogens is 2. The number of hydrogen-bond acceptors (Lipinski definition) is 5. The van der Waals surface area contributed by atoms with Gasteiger partial charge in [0.2, 0.25) is 0 Å². The SMILES string of the molecule is COCc1ccc(C(=O)Nc2nc(-c3cccnc3)cs2)cc1. The van der Waals surface area contributed by atoms with E-state index in [-0.39, 0.29) is 5.91 Å². The molecule has 1 amide bonds. The van der Waals surface area contributed by atoms with E-state index in [1.165, 1.54) is 11.3 Å². The average Bonchev–Trinajstić information content (AvgIpc) is 3.05. The van der Waals surface area contributed by atoms with Gasteiger partial charge in [0.25, 0.3) is 5.91 Å². The van der Waals surface area contributed by atoms with Gasteiger partial charge >= 0.3 is 0 Å². The number of benzene rings is 1. The zero-order chi connectivity index (χ0) is 16.1. The van der Waals surface area contributed by atoms with Gasteiger partial charge < -0.3 is 4.74 Å². The Balaban J connectivity index is 1.69. The van der Waals surface area contributed by atoms with Gasteiger partial charge in [0.1, 0.15) is 0 Å². The molecule has 6 heteroatoms. The van der Waals surface area contributed by atoms with Crippen LogP contribution in [-0.4, -0.2) is 23.0 Å². The molecular formula is C17H15N3O2S. The predicted octanol–water partition coefficient (Wildman–Crippen LogP) is 3.60. The summed E-state index contributed by atoms with van der Waals surface area (Å²) in [5.41, 5.74) is 3.34. The van der Waals surface area contributed by atoms with Gasteiger partial charge in [-0.15, -0.1) is 11.3 Å². The van der Waals surface area contributed by atoms with E-state index >= 15 is 0 Å². The third-order valence-corrected chi connectivity index (χ3v) is 3.97. The molecule has 23 heavy (non-hydrogen) atoms. The largest absolute Gasteiger partial charge is 0.380 e. The number of carbonyl (C=O) groups is 1. The quantitative estimate of drug-likeness (QED) is 0.778. The molecule has 0 saturated carbocycles. The van der Waals surface area contributed by atoms with Crippen molar-refractivity contribution in [2.24, 2.45) is 0 Å². The van der Waals surface area contributed by atoms with Gasteiger partial charge in [-0.2, -0.15) is 0 Å². The first kappa shape index (κ1) is 15.3. The van der Waals surface area contributed by atoms with Crippen molar-refractivity contribution in [3.63, 3.8) is 0 Å². The second-order valence-corrected chi connectivity index (χ2v) is 5.72. The second kappa shape index (κ2) is 7.13. The minimum Gasteiger partial charge on any atom is -0.380 e. The lowest BCUT2D eigenvalue weighted by Crippen LogP contribution is -2.11. The lowest BCUT2D eigenvalue weighted by molar-refractivity contribution is 0.102. The fourth-order valence-electron chi connectivity index (χ4n) is 2.07. The Hall–Kier alpha value is -2.57. The molecule has 0 spiro atoms. The molecule has 0 aliphatic rings. The minimum absolute atomic E-state index is 0.180. The Morgan fingerprint density at radius 1 is 1.26 bits per heavy atom. The number of pyridine rings is 1. The summed E-state index contributed by atoms with van der Waals surface area (Å²) < 4.78 is 5.05. The van der Waals surface area contributed by atoms with E-state index in [0.717, 1.165) is 16.8 Å². The molecule has 0 radical (unpaired) electrons. The predicted molar refractivity (Wildman–Crippen MR) is 90.5 cm³/mol. The highest BCUT2D eigenvalue weighted by Crippen LogP contribution is 2.24. The molecule has 2 aromatic heterocycles. The summed E-state index contributed by atoms with van der Waals surface area (Å²) in [7, 11) is 1.64. The number of nitrogens with one attached hydrogen (secondary N) is 1. The van der Waals surface area contributed by atoms with E-state index in [0.29, 0.717) is 17.3 Å². The fraction of sp³-hybridized carbons (Fsp3) is 0.118. The van der Waals surface area contributed by atoms with E-state index < -0.39 is 0 Å². The molecule has 1 N–H and O–H groups in total. The zero-order valence-corrected chi connectivity index (χ0v) is 13.3. The molecule has 1 aromatic carbocycles. The van der Waals surface area contributed by atoms with Crippen LogP contribution < -0.4 is 5.32 Å². The number of carbonyl (C=O) groups excluding carboxylic acids is 1. The lowest BCUT2D eigenvalue weighted by Gasteiger charge is -2.03. The monoisotopic (exact) mass is 325 g/mol. The van der Waals surface area contributed by atoms with E-state index in [9.17, 15) is 4.79 Å². The zero-order valence-electron chi connectivity index (χ0n) is 12.5. The van der Waals surface area contributed by atoms with Crippen molar-refractivity contribution in [3.05, 3.63) is 65.3 Å². The summed E-state index contributed by atoms with van der Waals surface area (Å²) >= 11 is 1.39. The van der Waals surface area contributed by atoms with Gasteiger partial charge in [-0.25, -0.2) is 4.98 Å². The number of nitrogens with zero attached hydrogens (tertiary/aromatic N) is 2. The molecule has 116 valence electrons. The molecule has 0 saturated heterocycles. The van der Waals surface area contributed by atoms with E-state index in [2.05, 4.69) is 15.3 Å². The molecule has 0 aliphatic carbocycles. The number of rotatable bonds is 5. The van der Waals surface area contributed by atoms with Crippen molar-refractivity contribution in [2.45, 2.75) is 6.61 Å². The van der Waals surface area contributed by atoms with Gasteiger partial charge in [0, 0.05) is 36.0 Å². The van der Waals surface area contributed by atoms with Crippen LogP contribution in [0.5, 0.6) is 0 Å². The smallest absolute Gasteiger partial charge is 0.257 e. The molecule has 0 fully saturated rings. The first-order valence-corrected chi connectivity index (χ1v) is 7.89. The van der Waals surface area contributed by atoms with Crippen molar-refractivity contribution in [2.75, 3.05) is 12.4 Å². The van der Waals surface area contributed by atoms with Crippen molar-refractivity contribution in [1.29, 1.82) is 0 Å².